The van der Waals surface area contributed by atoms with E-state index in [4.69, 9.17) is 4.74 Å². The average molecular weight is 335 g/mol. The SMILES string of the molecule is CCOC(=O)c1n[nH]nc1-c1ccc(-c2cccc(C(C)=O)c2)cc1. The number of aromatic nitrogens is 3. The van der Waals surface area contributed by atoms with Gasteiger partial charge in [0, 0.05) is 11.1 Å². The van der Waals surface area contributed by atoms with Crippen LogP contribution in [0.5, 0.6) is 0 Å². The third-order valence-electron chi connectivity index (χ3n) is 3.78. The number of ketones is 1. The van der Waals surface area contributed by atoms with Crippen molar-refractivity contribution in [1.29, 1.82) is 0 Å². The fourth-order valence-corrected chi connectivity index (χ4v) is 2.51. The molecule has 0 saturated carbocycles. The van der Waals surface area contributed by atoms with Crippen molar-refractivity contribution in [2.45, 2.75) is 13.8 Å². The lowest BCUT2D eigenvalue weighted by molar-refractivity contribution is 0.0520. The minimum Gasteiger partial charge on any atom is -0.461 e. The van der Waals surface area contributed by atoms with E-state index in [-0.39, 0.29) is 18.1 Å². The normalized spacial score (nSPS) is 10.5. The van der Waals surface area contributed by atoms with E-state index in [0.29, 0.717) is 11.3 Å². The van der Waals surface area contributed by atoms with Gasteiger partial charge in [0.1, 0.15) is 5.69 Å². The molecular weight excluding hydrogens is 318 g/mol. The third kappa shape index (κ3) is 3.47. The molecule has 1 N–H and O–H groups in total. The monoisotopic (exact) mass is 335 g/mol. The van der Waals surface area contributed by atoms with Gasteiger partial charge in [-0.25, -0.2) is 4.79 Å². The van der Waals surface area contributed by atoms with Gasteiger partial charge < -0.3 is 4.74 Å². The Balaban J connectivity index is 1.91. The van der Waals surface area contributed by atoms with Crippen LogP contribution < -0.4 is 0 Å². The van der Waals surface area contributed by atoms with E-state index >= 15 is 0 Å². The number of carbonyl (C=O) groups is 2. The van der Waals surface area contributed by atoms with Crippen molar-refractivity contribution >= 4 is 11.8 Å². The van der Waals surface area contributed by atoms with Crippen molar-refractivity contribution < 1.29 is 14.3 Å². The number of nitrogens with zero attached hydrogens (tertiary/aromatic N) is 2. The highest BCUT2D eigenvalue weighted by Gasteiger charge is 2.18. The van der Waals surface area contributed by atoms with Crippen LogP contribution in [0.1, 0.15) is 34.7 Å². The maximum Gasteiger partial charge on any atom is 0.361 e. The Hall–Kier alpha value is -3.28. The van der Waals surface area contributed by atoms with Crippen molar-refractivity contribution in [1.82, 2.24) is 15.4 Å². The standard InChI is InChI=1S/C19H17N3O3/c1-3-25-19(24)18-17(20-22-21-18)14-9-7-13(8-10-14)16-6-4-5-15(11-16)12(2)23/h4-11H,3H2,1-2H3,(H,20,21,22). The van der Waals surface area contributed by atoms with Gasteiger partial charge in [-0.15, -0.1) is 5.10 Å². The number of esters is 1. The number of H-pyrrole nitrogens is 1. The molecule has 0 radical (unpaired) electrons. The zero-order valence-corrected chi connectivity index (χ0v) is 13.9. The minimum absolute atomic E-state index is 0.0279. The second-order valence-corrected chi connectivity index (χ2v) is 5.46. The molecule has 0 aliphatic heterocycles. The van der Waals surface area contributed by atoms with Crippen LogP contribution in [-0.4, -0.2) is 33.8 Å². The highest BCUT2D eigenvalue weighted by molar-refractivity contribution is 5.95. The lowest BCUT2D eigenvalue weighted by atomic mass is 9.99. The van der Waals surface area contributed by atoms with Crippen LogP contribution in [0.2, 0.25) is 0 Å². The second kappa shape index (κ2) is 7.09. The van der Waals surface area contributed by atoms with Gasteiger partial charge in [-0.05, 0) is 31.0 Å². The number of carbonyl (C=O) groups excluding carboxylic acids is 2. The van der Waals surface area contributed by atoms with Crippen LogP contribution in [0.4, 0.5) is 0 Å². The molecule has 0 spiro atoms. The predicted molar refractivity (Wildman–Crippen MR) is 93.2 cm³/mol. The third-order valence-corrected chi connectivity index (χ3v) is 3.78. The second-order valence-electron chi connectivity index (χ2n) is 5.46. The maximum atomic E-state index is 11.9. The molecule has 3 aromatic rings. The number of nitrogens with one attached hydrogen (secondary N) is 1. The van der Waals surface area contributed by atoms with Crippen LogP contribution in [0.15, 0.2) is 48.5 Å². The van der Waals surface area contributed by atoms with E-state index in [0.717, 1.165) is 16.7 Å². The first kappa shape index (κ1) is 16.6. The molecule has 0 aliphatic carbocycles. The number of hydrogen-bond acceptors (Lipinski definition) is 5. The molecule has 126 valence electrons. The lowest BCUT2D eigenvalue weighted by Crippen LogP contribution is -2.06. The number of hydrogen-bond donors (Lipinski definition) is 1. The Bertz CT molecular complexity index is 914. The lowest BCUT2D eigenvalue weighted by Gasteiger charge is -2.05. The molecule has 0 unspecified atom stereocenters. The zero-order chi connectivity index (χ0) is 17.8. The topological polar surface area (TPSA) is 84.9 Å². The quantitative estimate of drug-likeness (QED) is 0.569. The van der Waals surface area contributed by atoms with E-state index in [2.05, 4.69) is 15.4 Å². The van der Waals surface area contributed by atoms with E-state index < -0.39 is 5.97 Å². The Kier molecular flexibility index (Phi) is 4.70. The summed E-state index contributed by atoms with van der Waals surface area (Å²) in [6.45, 7) is 3.56. The highest BCUT2D eigenvalue weighted by atomic mass is 16.5. The summed E-state index contributed by atoms with van der Waals surface area (Å²) in [5.41, 5.74) is 3.94. The molecule has 25 heavy (non-hydrogen) atoms. The molecule has 1 heterocycles. The Morgan fingerprint density at radius 3 is 2.40 bits per heavy atom. The highest BCUT2D eigenvalue weighted by Crippen LogP contribution is 2.26. The molecule has 0 bridgehead atoms. The fraction of sp³-hybridized carbons (Fsp3) is 0.158. The van der Waals surface area contributed by atoms with Gasteiger partial charge in [0.15, 0.2) is 11.5 Å². The summed E-state index contributed by atoms with van der Waals surface area (Å²) in [4.78, 5) is 23.4. The molecule has 3 rings (SSSR count). The van der Waals surface area contributed by atoms with Crippen molar-refractivity contribution in [2.75, 3.05) is 6.61 Å². The number of benzene rings is 2. The molecule has 0 fully saturated rings. The van der Waals surface area contributed by atoms with Crippen LogP contribution in [-0.2, 0) is 4.74 Å². The van der Waals surface area contributed by atoms with Crippen molar-refractivity contribution in [3.63, 3.8) is 0 Å². The summed E-state index contributed by atoms with van der Waals surface area (Å²) < 4.78 is 4.98. The number of Topliss-reactive ketones (excluding diaryl/α,β-unsaturated/α-hetero) is 1. The average Bonchev–Trinajstić information content (AvgIpc) is 3.12. The van der Waals surface area contributed by atoms with E-state index in [9.17, 15) is 9.59 Å². The summed E-state index contributed by atoms with van der Waals surface area (Å²) in [6.07, 6.45) is 0. The van der Waals surface area contributed by atoms with Crippen LogP contribution in [0.25, 0.3) is 22.4 Å². The van der Waals surface area contributed by atoms with E-state index in [1.54, 1.807) is 19.9 Å². The molecule has 2 aromatic carbocycles. The summed E-state index contributed by atoms with van der Waals surface area (Å²) in [6, 6.07) is 15.0. The van der Waals surface area contributed by atoms with Crippen LogP contribution >= 0.6 is 0 Å². The Morgan fingerprint density at radius 1 is 1.00 bits per heavy atom. The largest absolute Gasteiger partial charge is 0.461 e. The van der Waals surface area contributed by atoms with Crippen LogP contribution in [0.3, 0.4) is 0 Å². The maximum absolute atomic E-state index is 11.9. The number of rotatable bonds is 5. The molecule has 1 aromatic heterocycles. The molecule has 0 aliphatic rings. The predicted octanol–water partition coefficient (Wildman–Crippen LogP) is 3.52. The van der Waals surface area contributed by atoms with Gasteiger partial charge >= 0.3 is 5.97 Å². The van der Waals surface area contributed by atoms with Crippen molar-refractivity contribution in [2.24, 2.45) is 0 Å². The molecular formula is C19H17N3O3. The van der Waals surface area contributed by atoms with Gasteiger partial charge in [-0.3, -0.25) is 4.79 Å². The van der Waals surface area contributed by atoms with Gasteiger partial charge in [0.25, 0.3) is 0 Å². The fourth-order valence-electron chi connectivity index (χ4n) is 2.51. The molecule has 0 saturated heterocycles. The first-order valence-corrected chi connectivity index (χ1v) is 7.90. The molecule has 0 atom stereocenters. The van der Waals surface area contributed by atoms with Gasteiger partial charge in [-0.1, -0.05) is 42.5 Å². The minimum atomic E-state index is -0.510. The Labute approximate surface area is 144 Å². The zero-order valence-electron chi connectivity index (χ0n) is 13.9. The summed E-state index contributed by atoms with van der Waals surface area (Å²) in [7, 11) is 0. The van der Waals surface area contributed by atoms with E-state index in [1.165, 1.54) is 0 Å². The van der Waals surface area contributed by atoms with Gasteiger partial charge in [0.2, 0.25) is 0 Å². The first-order valence-electron chi connectivity index (χ1n) is 7.90. The van der Waals surface area contributed by atoms with Crippen molar-refractivity contribution in [3.05, 3.63) is 59.8 Å². The first-order chi connectivity index (χ1) is 12.1. The van der Waals surface area contributed by atoms with Gasteiger partial charge in [-0.2, -0.15) is 10.3 Å². The summed E-state index contributed by atoms with van der Waals surface area (Å²) >= 11 is 0. The molecule has 0 amide bonds. The van der Waals surface area contributed by atoms with Crippen LogP contribution in [0, 0.1) is 0 Å². The smallest absolute Gasteiger partial charge is 0.361 e. The summed E-state index contributed by atoms with van der Waals surface area (Å²) in [5.74, 6) is -0.482. The summed E-state index contributed by atoms with van der Waals surface area (Å²) in [5, 5.41) is 10.4. The molecule has 6 heteroatoms. The van der Waals surface area contributed by atoms with E-state index in [1.807, 2.05) is 42.5 Å². The number of ether oxygens (including phenoxy) is 1. The Morgan fingerprint density at radius 2 is 1.72 bits per heavy atom. The van der Waals surface area contributed by atoms with Crippen molar-refractivity contribution in [3.8, 4) is 22.4 Å². The molecule has 6 nitrogen and oxygen atoms in total. The van der Waals surface area contributed by atoms with Gasteiger partial charge in [0.05, 0.1) is 6.61 Å². The number of aromatic amines is 1.